The molecule has 27 heavy (non-hydrogen) atoms. The zero-order valence-corrected chi connectivity index (χ0v) is 16.9. The number of nitrogens with zero attached hydrogens (tertiary/aromatic N) is 2. The van der Waals surface area contributed by atoms with Crippen LogP contribution >= 0.6 is 11.6 Å². The van der Waals surface area contributed by atoms with Crippen LogP contribution in [0.2, 0.25) is 5.02 Å². The molecule has 1 aliphatic carbocycles. The van der Waals surface area contributed by atoms with Gasteiger partial charge < -0.3 is 5.32 Å². The molecule has 0 atom stereocenters. The van der Waals surface area contributed by atoms with Gasteiger partial charge in [-0.1, -0.05) is 24.4 Å². The first-order valence-electron chi connectivity index (χ1n) is 9.13. The Kier molecular flexibility index (Phi) is 5.91. The summed E-state index contributed by atoms with van der Waals surface area (Å²) in [6, 6.07) is 6.04. The molecule has 1 amide bonds. The van der Waals surface area contributed by atoms with Gasteiger partial charge in [-0.05, 0) is 56.0 Å². The molecule has 0 spiro atoms. The number of aromatic nitrogens is 2. The van der Waals surface area contributed by atoms with E-state index in [1.165, 1.54) is 12.1 Å². The van der Waals surface area contributed by atoms with Crippen LogP contribution in [0.25, 0.3) is 0 Å². The molecule has 1 N–H and O–H groups in total. The molecule has 0 radical (unpaired) electrons. The van der Waals surface area contributed by atoms with Crippen molar-refractivity contribution in [2.45, 2.75) is 55.2 Å². The molecule has 1 heterocycles. The largest absolute Gasteiger partial charge is 0.355 e. The van der Waals surface area contributed by atoms with Crippen LogP contribution in [0.3, 0.4) is 0 Å². The summed E-state index contributed by atoms with van der Waals surface area (Å²) in [5.74, 6) is -0.397. The predicted octanol–water partition coefficient (Wildman–Crippen LogP) is 3.14. The third-order valence-corrected chi connectivity index (χ3v) is 7.84. The lowest BCUT2D eigenvalue weighted by Gasteiger charge is -2.27. The first-order chi connectivity index (χ1) is 12.8. The van der Waals surface area contributed by atoms with E-state index in [2.05, 4.69) is 10.4 Å². The maximum absolute atomic E-state index is 13.2. The van der Waals surface area contributed by atoms with E-state index in [-0.39, 0.29) is 4.90 Å². The highest BCUT2D eigenvalue weighted by Gasteiger charge is 2.52. The third kappa shape index (κ3) is 4.04. The smallest absolute Gasteiger partial charge is 0.241 e. The minimum absolute atomic E-state index is 0.149. The summed E-state index contributed by atoms with van der Waals surface area (Å²) in [4.78, 5) is 13.1. The lowest BCUT2D eigenvalue weighted by molar-refractivity contribution is -0.123. The Labute approximate surface area is 164 Å². The zero-order valence-electron chi connectivity index (χ0n) is 15.3. The molecule has 0 unspecified atom stereocenters. The number of halogens is 1. The number of hydrogen-bond donors (Lipinski definition) is 1. The second kappa shape index (κ2) is 8.02. The standard InChI is InChI=1S/C19H24ClN3O3S/c1-15-13-22-23(14-15)12-4-11-21-18(24)19(9-2-3-10-19)27(25,26)17-7-5-16(20)6-8-17/h5-8,13-14H,2-4,9-12H2,1H3,(H,21,24). The number of rotatable bonds is 7. The second-order valence-electron chi connectivity index (χ2n) is 7.05. The average molecular weight is 410 g/mol. The molecule has 3 rings (SSSR count). The van der Waals surface area contributed by atoms with Crippen LogP contribution in [-0.4, -0.2) is 35.4 Å². The number of hydrogen-bond acceptors (Lipinski definition) is 4. The molecule has 0 aliphatic heterocycles. The summed E-state index contributed by atoms with van der Waals surface area (Å²) < 4.78 is 26.9. The van der Waals surface area contributed by atoms with Crippen molar-refractivity contribution in [3.8, 4) is 0 Å². The highest BCUT2D eigenvalue weighted by Crippen LogP contribution is 2.41. The number of nitrogens with one attached hydrogen (secondary N) is 1. The van der Waals surface area contributed by atoms with Gasteiger partial charge in [-0.2, -0.15) is 5.10 Å². The van der Waals surface area contributed by atoms with Crippen LogP contribution in [0, 0.1) is 6.92 Å². The summed E-state index contributed by atoms with van der Waals surface area (Å²) in [6.45, 7) is 3.05. The normalized spacial score (nSPS) is 16.4. The van der Waals surface area contributed by atoms with Gasteiger partial charge in [-0.25, -0.2) is 8.42 Å². The van der Waals surface area contributed by atoms with Crippen molar-refractivity contribution in [2.75, 3.05) is 6.54 Å². The van der Waals surface area contributed by atoms with E-state index in [4.69, 9.17) is 11.6 Å². The number of amides is 1. The van der Waals surface area contributed by atoms with E-state index in [0.29, 0.717) is 37.4 Å². The Morgan fingerprint density at radius 1 is 1.26 bits per heavy atom. The fourth-order valence-electron chi connectivity index (χ4n) is 3.60. The first kappa shape index (κ1) is 19.9. The Hall–Kier alpha value is -1.86. The molecule has 1 fully saturated rings. The molecule has 2 aromatic rings. The summed E-state index contributed by atoms with van der Waals surface area (Å²) in [5.41, 5.74) is 1.08. The molecular weight excluding hydrogens is 386 g/mol. The van der Waals surface area contributed by atoms with Gasteiger partial charge in [0.05, 0.1) is 11.1 Å². The minimum atomic E-state index is -3.79. The maximum atomic E-state index is 13.2. The van der Waals surface area contributed by atoms with Crippen molar-refractivity contribution in [3.05, 3.63) is 47.2 Å². The van der Waals surface area contributed by atoms with Crippen molar-refractivity contribution < 1.29 is 13.2 Å². The minimum Gasteiger partial charge on any atom is -0.355 e. The Morgan fingerprint density at radius 3 is 2.52 bits per heavy atom. The van der Waals surface area contributed by atoms with E-state index in [9.17, 15) is 13.2 Å². The summed E-state index contributed by atoms with van der Waals surface area (Å²) in [7, 11) is -3.79. The van der Waals surface area contributed by atoms with E-state index >= 15 is 0 Å². The molecule has 0 saturated heterocycles. The fourth-order valence-corrected chi connectivity index (χ4v) is 5.81. The molecule has 1 aliphatic rings. The molecule has 1 aromatic heterocycles. The van der Waals surface area contributed by atoms with E-state index in [0.717, 1.165) is 18.4 Å². The second-order valence-corrected chi connectivity index (χ2v) is 9.75. The van der Waals surface area contributed by atoms with E-state index in [1.54, 1.807) is 18.3 Å². The Morgan fingerprint density at radius 2 is 1.93 bits per heavy atom. The molecule has 0 bridgehead atoms. The lowest BCUT2D eigenvalue weighted by atomic mass is 10.1. The number of sulfone groups is 1. The van der Waals surface area contributed by atoms with Crippen molar-refractivity contribution >= 4 is 27.3 Å². The maximum Gasteiger partial charge on any atom is 0.241 e. The zero-order chi connectivity index (χ0) is 19.5. The van der Waals surface area contributed by atoms with Gasteiger partial charge in [0.25, 0.3) is 0 Å². The number of benzene rings is 1. The van der Waals surface area contributed by atoms with Gasteiger partial charge >= 0.3 is 0 Å². The molecule has 146 valence electrons. The summed E-state index contributed by atoms with van der Waals surface area (Å²) in [6.07, 6.45) is 6.56. The number of carbonyl (C=O) groups is 1. The number of aryl methyl sites for hydroxylation is 2. The third-order valence-electron chi connectivity index (χ3n) is 5.08. The van der Waals surface area contributed by atoms with Crippen LogP contribution in [0.15, 0.2) is 41.6 Å². The topological polar surface area (TPSA) is 81.1 Å². The van der Waals surface area contributed by atoms with Gasteiger partial charge in [0.2, 0.25) is 5.91 Å². The van der Waals surface area contributed by atoms with Crippen LogP contribution in [-0.2, 0) is 21.2 Å². The van der Waals surface area contributed by atoms with E-state index < -0.39 is 20.5 Å². The summed E-state index contributed by atoms with van der Waals surface area (Å²) >= 11 is 5.87. The molecule has 1 saturated carbocycles. The molecule has 8 heteroatoms. The van der Waals surface area contributed by atoms with Crippen molar-refractivity contribution in [2.24, 2.45) is 0 Å². The van der Waals surface area contributed by atoms with Gasteiger partial charge in [0, 0.05) is 24.3 Å². The summed E-state index contributed by atoms with van der Waals surface area (Å²) in [5, 5.41) is 7.52. The lowest BCUT2D eigenvalue weighted by Crippen LogP contribution is -2.50. The van der Waals surface area contributed by atoms with Crippen molar-refractivity contribution in [1.82, 2.24) is 15.1 Å². The van der Waals surface area contributed by atoms with E-state index in [1.807, 2.05) is 17.8 Å². The highest BCUT2D eigenvalue weighted by molar-refractivity contribution is 7.93. The SMILES string of the molecule is Cc1cnn(CCCNC(=O)C2(S(=O)(=O)c3ccc(Cl)cc3)CCCC2)c1. The van der Waals surface area contributed by atoms with Gasteiger partial charge in [-0.3, -0.25) is 9.48 Å². The average Bonchev–Trinajstić information content (AvgIpc) is 3.29. The fraction of sp³-hybridized carbons (Fsp3) is 0.474. The predicted molar refractivity (Wildman–Crippen MR) is 104 cm³/mol. The van der Waals surface area contributed by atoms with Gasteiger partial charge in [-0.15, -0.1) is 0 Å². The first-order valence-corrected chi connectivity index (χ1v) is 11.0. The van der Waals surface area contributed by atoms with Crippen molar-refractivity contribution in [3.63, 3.8) is 0 Å². The molecule has 1 aromatic carbocycles. The quantitative estimate of drug-likeness (QED) is 0.712. The van der Waals surface area contributed by atoms with Crippen LogP contribution in [0.1, 0.15) is 37.7 Å². The highest BCUT2D eigenvalue weighted by atomic mass is 35.5. The number of carbonyl (C=O) groups excluding carboxylic acids is 1. The Balaban J connectivity index is 1.69. The van der Waals surface area contributed by atoms with Crippen molar-refractivity contribution in [1.29, 1.82) is 0 Å². The van der Waals surface area contributed by atoms with Crippen LogP contribution in [0.4, 0.5) is 0 Å². The molecular formula is C19H24ClN3O3S. The van der Waals surface area contributed by atoms with Crippen LogP contribution in [0.5, 0.6) is 0 Å². The monoisotopic (exact) mass is 409 g/mol. The molecule has 6 nitrogen and oxygen atoms in total. The van der Waals surface area contributed by atoms with Gasteiger partial charge in [0.15, 0.2) is 14.6 Å². The Bertz CT molecular complexity index is 901. The van der Waals surface area contributed by atoms with Crippen LogP contribution < -0.4 is 5.32 Å². The van der Waals surface area contributed by atoms with Gasteiger partial charge in [0.1, 0.15) is 0 Å².